The molecule has 3 amide bonds. The van der Waals surface area contributed by atoms with E-state index in [0.717, 1.165) is 5.69 Å². The van der Waals surface area contributed by atoms with E-state index in [1.54, 1.807) is 16.8 Å². The second kappa shape index (κ2) is 7.21. The highest BCUT2D eigenvalue weighted by Gasteiger charge is 2.55. The summed E-state index contributed by atoms with van der Waals surface area (Å²) in [4.78, 5) is 39.5. The molecule has 0 bridgehead atoms. The maximum Gasteiger partial charge on any atom is 0.321 e. The Kier molecular flexibility index (Phi) is 5.13. The summed E-state index contributed by atoms with van der Waals surface area (Å²) in [7, 11) is 1.68. The Labute approximate surface area is 159 Å². The average Bonchev–Trinajstić information content (AvgIpc) is 2.88. The quantitative estimate of drug-likeness (QED) is 0.852. The number of benzene rings is 1. The lowest BCUT2D eigenvalue weighted by atomic mass is 9.77. The maximum absolute atomic E-state index is 12.6. The van der Waals surface area contributed by atoms with Crippen molar-refractivity contribution >= 4 is 23.6 Å². The van der Waals surface area contributed by atoms with E-state index in [4.69, 9.17) is 0 Å². The molecule has 0 saturated carbocycles. The normalized spacial score (nSPS) is 21.8. The van der Waals surface area contributed by atoms with Crippen LogP contribution >= 0.6 is 0 Å². The number of piperidine rings is 1. The van der Waals surface area contributed by atoms with Crippen LogP contribution in [0.25, 0.3) is 0 Å². The largest absolute Gasteiger partial charge is 0.481 e. The van der Waals surface area contributed by atoms with Gasteiger partial charge in [0, 0.05) is 32.2 Å². The fourth-order valence-electron chi connectivity index (χ4n) is 4.24. The van der Waals surface area contributed by atoms with Crippen LogP contribution in [0.5, 0.6) is 0 Å². The van der Waals surface area contributed by atoms with Gasteiger partial charge in [0.15, 0.2) is 0 Å². The Morgan fingerprint density at radius 3 is 2.30 bits per heavy atom. The summed E-state index contributed by atoms with van der Waals surface area (Å²) < 4.78 is 0. The first-order valence-corrected chi connectivity index (χ1v) is 9.40. The van der Waals surface area contributed by atoms with E-state index < -0.39 is 17.4 Å². The number of hydrogen-bond donors (Lipinski definition) is 2. The number of aliphatic carboxylic acids is 1. The van der Waals surface area contributed by atoms with Crippen LogP contribution in [0.2, 0.25) is 0 Å². The molecule has 0 aromatic heterocycles. The van der Waals surface area contributed by atoms with Crippen molar-refractivity contribution in [2.24, 2.45) is 5.92 Å². The predicted molar refractivity (Wildman–Crippen MR) is 102 cm³/mol. The van der Waals surface area contributed by atoms with Gasteiger partial charge < -0.3 is 20.2 Å². The topological polar surface area (TPSA) is 90.0 Å². The van der Waals surface area contributed by atoms with E-state index in [-0.39, 0.29) is 18.4 Å². The third-order valence-corrected chi connectivity index (χ3v) is 6.11. The average molecular weight is 373 g/mol. The van der Waals surface area contributed by atoms with Crippen LogP contribution in [0.1, 0.15) is 44.6 Å². The number of urea groups is 1. The summed E-state index contributed by atoms with van der Waals surface area (Å²) in [6, 6.07) is 7.59. The molecular formula is C20H27N3O4. The Balaban J connectivity index is 1.64. The SMILES string of the molecule is CC(C)c1ccc(NC(=O)N2CCC3(CC2)C(C(=O)O)CC(=O)N3C)cc1. The molecule has 2 saturated heterocycles. The first kappa shape index (κ1) is 19.2. The molecule has 2 N–H and O–H groups in total. The lowest BCUT2D eigenvalue weighted by Crippen LogP contribution is -2.57. The molecule has 3 rings (SSSR count). The van der Waals surface area contributed by atoms with Crippen LogP contribution in [0, 0.1) is 5.92 Å². The van der Waals surface area contributed by atoms with Gasteiger partial charge in [-0.25, -0.2) is 4.79 Å². The second-order valence-corrected chi connectivity index (χ2v) is 7.85. The summed E-state index contributed by atoms with van der Waals surface area (Å²) in [6.45, 7) is 5.09. The van der Waals surface area contributed by atoms with Crippen molar-refractivity contribution in [3.8, 4) is 0 Å². The number of anilines is 1. The number of hydrogen-bond acceptors (Lipinski definition) is 3. The van der Waals surface area contributed by atoms with E-state index >= 15 is 0 Å². The molecule has 0 aliphatic carbocycles. The zero-order chi connectivity index (χ0) is 19.8. The van der Waals surface area contributed by atoms with E-state index in [1.807, 2.05) is 24.3 Å². The monoisotopic (exact) mass is 373 g/mol. The fourth-order valence-corrected chi connectivity index (χ4v) is 4.24. The molecule has 2 aliphatic rings. The van der Waals surface area contributed by atoms with Gasteiger partial charge in [-0.1, -0.05) is 26.0 Å². The van der Waals surface area contributed by atoms with Gasteiger partial charge in [0.1, 0.15) is 0 Å². The zero-order valence-corrected chi connectivity index (χ0v) is 16.1. The summed E-state index contributed by atoms with van der Waals surface area (Å²) in [6.07, 6.45) is 0.998. The number of amides is 3. The van der Waals surface area contributed by atoms with Crippen LogP contribution < -0.4 is 5.32 Å². The number of likely N-dealkylation sites (tertiary alicyclic amines) is 2. The van der Waals surface area contributed by atoms with Crippen molar-refractivity contribution in [1.82, 2.24) is 9.80 Å². The summed E-state index contributed by atoms with van der Waals surface area (Å²) in [5, 5.41) is 12.4. The zero-order valence-electron chi connectivity index (χ0n) is 16.1. The van der Waals surface area contributed by atoms with Crippen molar-refractivity contribution in [1.29, 1.82) is 0 Å². The van der Waals surface area contributed by atoms with Gasteiger partial charge >= 0.3 is 12.0 Å². The third-order valence-electron chi connectivity index (χ3n) is 6.11. The lowest BCUT2D eigenvalue weighted by Gasteiger charge is -2.45. The van der Waals surface area contributed by atoms with Gasteiger partial charge in [0.25, 0.3) is 0 Å². The van der Waals surface area contributed by atoms with Gasteiger partial charge in [-0.05, 0) is 36.5 Å². The fraction of sp³-hybridized carbons (Fsp3) is 0.550. The van der Waals surface area contributed by atoms with Crippen molar-refractivity contribution in [3.63, 3.8) is 0 Å². The summed E-state index contributed by atoms with van der Waals surface area (Å²) in [5.41, 5.74) is 1.27. The number of carbonyl (C=O) groups is 3. The molecular weight excluding hydrogens is 346 g/mol. The molecule has 7 heteroatoms. The molecule has 27 heavy (non-hydrogen) atoms. The highest BCUT2D eigenvalue weighted by Crippen LogP contribution is 2.42. The maximum atomic E-state index is 12.6. The van der Waals surface area contributed by atoms with Gasteiger partial charge in [-0.2, -0.15) is 0 Å². The van der Waals surface area contributed by atoms with Crippen LogP contribution in [-0.4, -0.2) is 58.5 Å². The Morgan fingerprint density at radius 1 is 1.19 bits per heavy atom. The molecule has 2 heterocycles. The van der Waals surface area contributed by atoms with Crippen LogP contribution in [0.3, 0.4) is 0 Å². The summed E-state index contributed by atoms with van der Waals surface area (Å²) in [5.74, 6) is -1.34. The molecule has 1 aromatic carbocycles. The predicted octanol–water partition coefficient (Wildman–Crippen LogP) is 2.74. The number of rotatable bonds is 3. The van der Waals surface area contributed by atoms with E-state index in [9.17, 15) is 19.5 Å². The lowest BCUT2D eigenvalue weighted by molar-refractivity contribution is -0.145. The number of carboxylic acids is 1. The van der Waals surface area contributed by atoms with Crippen molar-refractivity contribution < 1.29 is 19.5 Å². The Bertz CT molecular complexity index is 736. The summed E-state index contributed by atoms with van der Waals surface area (Å²) >= 11 is 0. The molecule has 1 spiro atoms. The minimum Gasteiger partial charge on any atom is -0.481 e. The first-order chi connectivity index (χ1) is 12.7. The highest BCUT2D eigenvalue weighted by molar-refractivity contribution is 5.90. The van der Waals surface area contributed by atoms with E-state index in [0.29, 0.717) is 31.8 Å². The standard InChI is InChI=1S/C20H27N3O4/c1-13(2)14-4-6-15(7-5-14)21-19(27)23-10-8-20(9-11-23)16(18(25)26)12-17(24)22(20)3/h4-7,13,16H,8-12H2,1-3H3,(H,21,27)(H,25,26). The minimum absolute atomic E-state index is 0.0419. The first-order valence-electron chi connectivity index (χ1n) is 9.40. The molecule has 146 valence electrons. The van der Waals surface area contributed by atoms with Crippen molar-refractivity contribution in [2.75, 3.05) is 25.5 Å². The van der Waals surface area contributed by atoms with Crippen molar-refractivity contribution in [3.05, 3.63) is 29.8 Å². The smallest absolute Gasteiger partial charge is 0.321 e. The highest BCUT2D eigenvalue weighted by atomic mass is 16.4. The van der Waals surface area contributed by atoms with Gasteiger partial charge in [-0.3, -0.25) is 9.59 Å². The van der Waals surface area contributed by atoms with Gasteiger partial charge in [0.2, 0.25) is 5.91 Å². The number of carboxylic acid groups (broad SMARTS) is 1. The Morgan fingerprint density at radius 2 is 1.78 bits per heavy atom. The van der Waals surface area contributed by atoms with Crippen LogP contribution in [-0.2, 0) is 9.59 Å². The van der Waals surface area contributed by atoms with Crippen LogP contribution in [0.4, 0.5) is 10.5 Å². The Hall–Kier alpha value is -2.57. The van der Waals surface area contributed by atoms with Gasteiger partial charge in [0.05, 0.1) is 11.5 Å². The van der Waals surface area contributed by atoms with E-state index in [1.165, 1.54) is 5.56 Å². The molecule has 2 aliphatic heterocycles. The van der Waals surface area contributed by atoms with Crippen LogP contribution in [0.15, 0.2) is 24.3 Å². The second-order valence-electron chi connectivity index (χ2n) is 7.85. The molecule has 1 unspecified atom stereocenters. The molecule has 0 radical (unpaired) electrons. The van der Waals surface area contributed by atoms with E-state index in [2.05, 4.69) is 19.2 Å². The molecule has 7 nitrogen and oxygen atoms in total. The number of carbonyl (C=O) groups excluding carboxylic acids is 2. The number of nitrogens with one attached hydrogen (secondary N) is 1. The molecule has 2 fully saturated rings. The number of nitrogens with zero attached hydrogens (tertiary/aromatic N) is 2. The third kappa shape index (κ3) is 3.50. The minimum atomic E-state index is -0.934. The van der Waals surface area contributed by atoms with Gasteiger partial charge in [-0.15, -0.1) is 0 Å². The molecule has 1 aromatic rings. The molecule has 1 atom stereocenters. The van der Waals surface area contributed by atoms with Crippen molar-refractivity contribution in [2.45, 2.75) is 44.6 Å².